The zero-order chi connectivity index (χ0) is 18.5. The van der Waals surface area contributed by atoms with Crippen molar-refractivity contribution in [3.05, 3.63) is 29.8 Å². The average molecular weight is 394 g/mol. The maximum atomic E-state index is 12.3. The van der Waals surface area contributed by atoms with Gasteiger partial charge in [-0.3, -0.25) is 19.7 Å². The number of anilines is 1. The number of benzene rings is 1. The summed E-state index contributed by atoms with van der Waals surface area (Å²) in [6.07, 6.45) is 3.61. The summed E-state index contributed by atoms with van der Waals surface area (Å²) in [5.74, 6) is 0.365. The predicted octanol–water partition coefficient (Wildman–Crippen LogP) is 2.28. The first-order chi connectivity index (χ1) is 12.5. The van der Waals surface area contributed by atoms with Gasteiger partial charge in [0, 0.05) is 18.5 Å². The molecule has 27 heavy (non-hydrogen) atoms. The molecule has 3 N–H and O–H groups in total. The lowest BCUT2D eigenvalue weighted by atomic mass is 9.84. The van der Waals surface area contributed by atoms with Gasteiger partial charge in [0.15, 0.2) is 0 Å². The largest absolute Gasteiger partial charge is 0.326 e. The number of nitrogens with one attached hydrogen (secondary N) is 3. The quantitative estimate of drug-likeness (QED) is 0.647. The Labute approximate surface area is 166 Å². The van der Waals surface area contributed by atoms with Gasteiger partial charge in [0.25, 0.3) is 0 Å². The van der Waals surface area contributed by atoms with Crippen molar-refractivity contribution >= 4 is 35.8 Å². The summed E-state index contributed by atoms with van der Waals surface area (Å²) in [6.45, 7) is 4.25. The summed E-state index contributed by atoms with van der Waals surface area (Å²) in [7, 11) is 0. The number of piperidine rings is 1. The molecule has 0 aromatic heterocycles. The number of hydrogen-bond acceptors (Lipinski definition) is 4. The third-order valence-electron chi connectivity index (χ3n) is 5.48. The van der Waals surface area contributed by atoms with Crippen LogP contribution in [0.5, 0.6) is 0 Å². The van der Waals surface area contributed by atoms with E-state index in [1.165, 1.54) is 0 Å². The molecule has 2 unspecified atom stereocenters. The highest BCUT2D eigenvalue weighted by atomic mass is 35.5. The highest BCUT2D eigenvalue weighted by Gasteiger charge is 2.30. The van der Waals surface area contributed by atoms with Gasteiger partial charge in [-0.1, -0.05) is 19.1 Å². The zero-order valence-electron chi connectivity index (χ0n) is 15.6. The number of carbonyl (C=O) groups is 3. The Bertz CT molecular complexity index is 672. The summed E-state index contributed by atoms with van der Waals surface area (Å²) in [5.41, 5.74) is 1.75. The smallest absolute Gasteiger partial charge is 0.230 e. The van der Waals surface area contributed by atoms with Gasteiger partial charge in [-0.15, -0.1) is 12.4 Å². The maximum absolute atomic E-state index is 12.3. The molecule has 0 aliphatic carbocycles. The van der Waals surface area contributed by atoms with Crippen LogP contribution >= 0.6 is 12.4 Å². The molecule has 0 bridgehead atoms. The van der Waals surface area contributed by atoms with Gasteiger partial charge in [0.1, 0.15) is 0 Å². The fraction of sp³-hybridized carbons (Fsp3) is 0.550. The van der Waals surface area contributed by atoms with Gasteiger partial charge in [-0.25, -0.2) is 0 Å². The van der Waals surface area contributed by atoms with Gasteiger partial charge < -0.3 is 10.6 Å². The van der Waals surface area contributed by atoms with Crippen LogP contribution in [0.15, 0.2) is 24.3 Å². The number of halogens is 1. The SMILES string of the molecule is CC(CC(=O)Nc1ccc(CC2CC(=O)NC2=O)cc1)C1CCNCC1.Cl. The number of amides is 3. The highest BCUT2D eigenvalue weighted by Crippen LogP contribution is 2.25. The number of carbonyl (C=O) groups excluding carboxylic acids is 3. The van der Waals surface area contributed by atoms with Crippen LogP contribution in [0.25, 0.3) is 0 Å². The molecule has 3 amide bonds. The standard InChI is InChI=1S/C20H27N3O3.ClH/c1-13(15-6-8-21-9-7-15)10-18(24)22-17-4-2-14(3-5-17)11-16-12-19(25)23-20(16)26;/h2-5,13,15-16,21H,6-12H2,1H3,(H,22,24)(H,23,25,26);1H. The normalized spacial score (nSPS) is 21.3. The van der Waals surface area contributed by atoms with Crippen molar-refractivity contribution in [3.63, 3.8) is 0 Å². The number of rotatable bonds is 6. The Hall–Kier alpha value is -1.92. The summed E-state index contributed by atoms with van der Waals surface area (Å²) in [6, 6.07) is 7.53. The zero-order valence-corrected chi connectivity index (χ0v) is 16.4. The lowest BCUT2D eigenvalue weighted by molar-refractivity contribution is -0.125. The molecule has 6 nitrogen and oxygen atoms in total. The second-order valence-corrected chi connectivity index (χ2v) is 7.53. The van der Waals surface area contributed by atoms with Crippen LogP contribution in [-0.2, 0) is 20.8 Å². The van der Waals surface area contributed by atoms with E-state index in [4.69, 9.17) is 0 Å². The van der Waals surface area contributed by atoms with E-state index in [9.17, 15) is 14.4 Å². The van der Waals surface area contributed by atoms with Crippen LogP contribution in [0, 0.1) is 17.8 Å². The Morgan fingerprint density at radius 3 is 2.44 bits per heavy atom. The van der Waals surface area contributed by atoms with Crippen molar-refractivity contribution in [1.82, 2.24) is 10.6 Å². The monoisotopic (exact) mass is 393 g/mol. The molecular formula is C20H28ClN3O3. The molecule has 2 aliphatic heterocycles. The Balaban J connectivity index is 0.00000261. The van der Waals surface area contributed by atoms with E-state index in [0.717, 1.165) is 37.2 Å². The fourth-order valence-electron chi connectivity index (χ4n) is 3.86. The first-order valence-corrected chi connectivity index (χ1v) is 9.44. The van der Waals surface area contributed by atoms with Crippen LogP contribution in [-0.4, -0.2) is 30.8 Å². The molecule has 2 saturated heterocycles. The van der Waals surface area contributed by atoms with Gasteiger partial charge in [0.2, 0.25) is 17.7 Å². The third kappa shape index (κ3) is 6.04. The summed E-state index contributed by atoms with van der Waals surface area (Å²) in [4.78, 5) is 35.2. The van der Waals surface area contributed by atoms with E-state index < -0.39 is 0 Å². The summed E-state index contributed by atoms with van der Waals surface area (Å²) < 4.78 is 0. The van der Waals surface area contributed by atoms with Gasteiger partial charge in [-0.05, 0) is 61.9 Å². The molecule has 7 heteroatoms. The molecule has 0 spiro atoms. The van der Waals surface area contributed by atoms with Gasteiger partial charge >= 0.3 is 0 Å². The summed E-state index contributed by atoms with van der Waals surface area (Å²) >= 11 is 0. The average Bonchev–Trinajstić information content (AvgIpc) is 2.94. The van der Waals surface area contributed by atoms with E-state index in [-0.39, 0.29) is 42.5 Å². The first-order valence-electron chi connectivity index (χ1n) is 9.44. The second kappa shape index (κ2) is 9.85. The maximum Gasteiger partial charge on any atom is 0.230 e. The lowest BCUT2D eigenvalue weighted by Crippen LogP contribution is -2.32. The lowest BCUT2D eigenvalue weighted by Gasteiger charge is -2.27. The molecule has 1 aromatic rings. The van der Waals surface area contributed by atoms with Crippen LogP contribution in [0.1, 0.15) is 38.2 Å². The van der Waals surface area contributed by atoms with Crippen molar-refractivity contribution in [2.45, 2.75) is 39.0 Å². The van der Waals surface area contributed by atoms with E-state index >= 15 is 0 Å². The predicted molar refractivity (Wildman–Crippen MR) is 107 cm³/mol. The molecule has 0 saturated carbocycles. The van der Waals surface area contributed by atoms with Crippen LogP contribution in [0.2, 0.25) is 0 Å². The van der Waals surface area contributed by atoms with E-state index in [2.05, 4.69) is 22.9 Å². The molecule has 0 radical (unpaired) electrons. The molecule has 148 valence electrons. The topological polar surface area (TPSA) is 87.3 Å². The minimum absolute atomic E-state index is 0. The first kappa shape index (κ1) is 21.4. The Morgan fingerprint density at radius 1 is 1.19 bits per heavy atom. The minimum atomic E-state index is -0.284. The number of hydrogen-bond donors (Lipinski definition) is 3. The molecule has 1 aromatic carbocycles. The minimum Gasteiger partial charge on any atom is -0.326 e. The molecule has 2 atom stereocenters. The Morgan fingerprint density at radius 2 is 1.85 bits per heavy atom. The molecular weight excluding hydrogens is 366 g/mol. The van der Waals surface area contributed by atoms with Crippen LogP contribution < -0.4 is 16.0 Å². The Kier molecular flexibility index (Phi) is 7.80. The summed E-state index contributed by atoms with van der Waals surface area (Å²) in [5, 5.41) is 8.65. The van der Waals surface area contributed by atoms with E-state index in [1.54, 1.807) is 0 Å². The van der Waals surface area contributed by atoms with Crippen molar-refractivity contribution in [1.29, 1.82) is 0 Å². The van der Waals surface area contributed by atoms with Gasteiger partial charge in [-0.2, -0.15) is 0 Å². The van der Waals surface area contributed by atoms with Crippen molar-refractivity contribution < 1.29 is 14.4 Å². The van der Waals surface area contributed by atoms with E-state index in [0.29, 0.717) is 24.7 Å². The molecule has 2 fully saturated rings. The van der Waals surface area contributed by atoms with Crippen LogP contribution in [0.3, 0.4) is 0 Å². The van der Waals surface area contributed by atoms with Crippen LogP contribution in [0.4, 0.5) is 5.69 Å². The van der Waals surface area contributed by atoms with Gasteiger partial charge in [0.05, 0.1) is 5.92 Å². The number of imide groups is 1. The fourth-order valence-corrected chi connectivity index (χ4v) is 3.86. The van der Waals surface area contributed by atoms with Crippen molar-refractivity contribution in [3.8, 4) is 0 Å². The highest BCUT2D eigenvalue weighted by molar-refractivity contribution is 6.03. The second-order valence-electron chi connectivity index (χ2n) is 7.53. The molecule has 2 heterocycles. The third-order valence-corrected chi connectivity index (χ3v) is 5.48. The van der Waals surface area contributed by atoms with E-state index in [1.807, 2.05) is 24.3 Å². The molecule has 3 rings (SSSR count). The van der Waals surface area contributed by atoms with Crippen molar-refractivity contribution in [2.24, 2.45) is 17.8 Å². The van der Waals surface area contributed by atoms with Crippen molar-refractivity contribution in [2.75, 3.05) is 18.4 Å². The molecule has 2 aliphatic rings.